The minimum atomic E-state index is -0.510. The van der Waals surface area contributed by atoms with Crippen molar-refractivity contribution in [3.8, 4) is 0 Å². The molecule has 0 unspecified atom stereocenters. The molecule has 0 aliphatic rings. The van der Waals surface area contributed by atoms with Gasteiger partial charge in [-0.2, -0.15) is 0 Å². The Morgan fingerprint density at radius 1 is 1.00 bits per heavy atom. The Morgan fingerprint density at radius 3 is 2.45 bits per heavy atom. The zero-order chi connectivity index (χ0) is 14.7. The number of anilines is 2. The van der Waals surface area contributed by atoms with Crippen LogP contribution in [0.3, 0.4) is 0 Å². The Kier molecular flexibility index (Phi) is 3.98. The van der Waals surface area contributed by atoms with Crippen molar-refractivity contribution in [2.45, 2.75) is 13.8 Å². The van der Waals surface area contributed by atoms with E-state index in [-0.39, 0.29) is 11.6 Å². The van der Waals surface area contributed by atoms with E-state index >= 15 is 0 Å². The lowest BCUT2D eigenvalue weighted by Crippen LogP contribution is -2.20. The predicted molar refractivity (Wildman–Crippen MR) is 74.9 cm³/mol. The monoisotopic (exact) mass is 276 g/mol. The van der Waals surface area contributed by atoms with Crippen molar-refractivity contribution in [2.75, 3.05) is 10.6 Å². The standard InChI is InChI=1S/C15H14F2N2O/c1-9-8-11(6-7-12(9)16)18-15(20)19-14-5-3-4-13(17)10(14)2/h3-8H,1-2H3,(H2,18,19,20). The molecule has 0 heterocycles. The van der Waals surface area contributed by atoms with Crippen molar-refractivity contribution in [1.29, 1.82) is 0 Å². The summed E-state index contributed by atoms with van der Waals surface area (Å²) in [6.45, 7) is 3.18. The van der Waals surface area contributed by atoms with E-state index in [2.05, 4.69) is 10.6 Å². The van der Waals surface area contributed by atoms with E-state index in [1.54, 1.807) is 19.9 Å². The average Bonchev–Trinajstić information content (AvgIpc) is 2.39. The van der Waals surface area contributed by atoms with Crippen LogP contribution < -0.4 is 10.6 Å². The topological polar surface area (TPSA) is 41.1 Å². The summed E-state index contributed by atoms with van der Waals surface area (Å²) >= 11 is 0. The van der Waals surface area contributed by atoms with Gasteiger partial charge < -0.3 is 10.6 Å². The third-order valence-corrected chi connectivity index (χ3v) is 2.93. The average molecular weight is 276 g/mol. The van der Waals surface area contributed by atoms with Crippen LogP contribution in [0, 0.1) is 25.5 Å². The number of aryl methyl sites for hydroxylation is 1. The van der Waals surface area contributed by atoms with Gasteiger partial charge in [0.1, 0.15) is 11.6 Å². The van der Waals surface area contributed by atoms with E-state index in [0.29, 0.717) is 22.5 Å². The summed E-state index contributed by atoms with van der Waals surface area (Å²) in [5, 5.41) is 5.12. The molecule has 0 saturated carbocycles. The highest BCUT2D eigenvalue weighted by Crippen LogP contribution is 2.18. The van der Waals surface area contributed by atoms with Crippen LogP contribution >= 0.6 is 0 Å². The van der Waals surface area contributed by atoms with Crippen molar-refractivity contribution >= 4 is 17.4 Å². The van der Waals surface area contributed by atoms with E-state index in [4.69, 9.17) is 0 Å². The Labute approximate surface area is 115 Å². The van der Waals surface area contributed by atoms with Crippen LogP contribution in [-0.2, 0) is 0 Å². The first-order valence-corrected chi connectivity index (χ1v) is 6.06. The molecule has 0 saturated heterocycles. The molecule has 2 amide bonds. The molecule has 0 fully saturated rings. The molecule has 0 aliphatic heterocycles. The van der Waals surface area contributed by atoms with Gasteiger partial charge in [0.2, 0.25) is 0 Å². The van der Waals surface area contributed by atoms with Gasteiger partial charge in [0.25, 0.3) is 0 Å². The van der Waals surface area contributed by atoms with Crippen molar-refractivity contribution < 1.29 is 13.6 Å². The number of rotatable bonds is 2. The van der Waals surface area contributed by atoms with Crippen LogP contribution in [0.1, 0.15) is 11.1 Å². The second kappa shape index (κ2) is 5.69. The van der Waals surface area contributed by atoms with Crippen LogP contribution in [0.15, 0.2) is 36.4 Å². The molecule has 2 aromatic rings. The molecule has 0 aliphatic carbocycles. The molecule has 2 rings (SSSR count). The van der Waals surface area contributed by atoms with Crippen LogP contribution in [0.4, 0.5) is 25.0 Å². The molecule has 0 bridgehead atoms. The van der Waals surface area contributed by atoms with Gasteiger partial charge >= 0.3 is 6.03 Å². The van der Waals surface area contributed by atoms with Crippen LogP contribution in [0.5, 0.6) is 0 Å². The summed E-state index contributed by atoms with van der Waals surface area (Å²) in [4.78, 5) is 11.8. The summed E-state index contributed by atoms with van der Waals surface area (Å²) in [7, 11) is 0. The number of halogens is 2. The van der Waals surface area contributed by atoms with E-state index < -0.39 is 6.03 Å². The molecule has 0 aromatic heterocycles. The van der Waals surface area contributed by atoms with Gasteiger partial charge in [-0.3, -0.25) is 0 Å². The summed E-state index contributed by atoms with van der Waals surface area (Å²) in [5.41, 5.74) is 1.65. The van der Waals surface area contributed by atoms with Gasteiger partial charge in [-0.15, -0.1) is 0 Å². The summed E-state index contributed by atoms with van der Waals surface area (Å²) in [5.74, 6) is -0.725. The number of nitrogens with one attached hydrogen (secondary N) is 2. The second-order valence-electron chi connectivity index (χ2n) is 4.46. The molecule has 2 N–H and O–H groups in total. The zero-order valence-electron chi connectivity index (χ0n) is 11.1. The molecule has 5 heteroatoms. The number of carbonyl (C=O) groups is 1. The maximum absolute atomic E-state index is 13.3. The normalized spacial score (nSPS) is 10.2. The van der Waals surface area contributed by atoms with Crippen molar-refractivity contribution in [3.05, 3.63) is 59.2 Å². The van der Waals surface area contributed by atoms with E-state index in [9.17, 15) is 13.6 Å². The Morgan fingerprint density at radius 2 is 1.75 bits per heavy atom. The first-order valence-electron chi connectivity index (χ1n) is 6.06. The first-order chi connectivity index (χ1) is 9.47. The molecule has 0 spiro atoms. The van der Waals surface area contributed by atoms with Gasteiger partial charge in [0, 0.05) is 16.9 Å². The molecule has 0 radical (unpaired) electrons. The molecule has 3 nitrogen and oxygen atoms in total. The molecular weight excluding hydrogens is 262 g/mol. The number of carbonyl (C=O) groups excluding carboxylic acids is 1. The van der Waals surface area contributed by atoms with Crippen LogP contribution in [0.25, 0.3) is 0 Å². The van der Waals surface area contributed by atoms with Crippen molar-refractivity contribution in [2.24, 2.45) is 0 Å². The number of hydrogen-bond acceptors (Lipinski definition) is 1. The van der Waals surface area contributed by atoms with Gasteiger partial charge in [0.05, 0.1) is 0 Å². The molecule has 20 heavy (non-hydrogen) atoms. The van der Waals surface area contributed by atoms with Crippen LogP contribution in [-0.4, -0.2) is 6.03 Å². The lowest BCUT2D eigenvalue weighted by atomic mass is 10.2. The van der Waals surface area contributed by atoms with Gasteiger partial charge in [-0.25, -0.2) is 13.6 Å². The fourth-order valence-electron chi connectivity index (χ4n) is 1.75. The predicted octanol–water partition coefficient (Wildman–Crippen LogP) is 4.23. The minimum Gasteiger partial charge on any atom is -0.308 e. The quantitative estimate of drug-likeness (QED) is 0.847. The fraction of sp³-hybridized carbons (Fsp3) is 0.133. The second-order valence-corrected chi connectivity index (χ2v) is 4.46. The Balaban J connectivity index is 2.09. The summed E-state index contributed by atoms with van der Waals surface area (Å²) < 4.78 is 26.5. The maximum Gasteiger partial charge on any atom is 0.323 e. The third-order valence-electron chi connectivity index (χ3n) is 2.93. The molecule has 2 aromatic carbocycles. The van der Waals surface area contributed by atoms with Crippen LogP contribution in [0.2, 0.25) is 0 Å². The van der Waals surface area contributed by atoms with Crippen molar-refractivity contribution in [3.63, 3.8) is 0 Å². The summed E-state index contributed by atoms with van der Waals surface area (Å²) in [6, 6.07) is 8.19. The molecule has 104 valence electrons. The van der Waals surface area contributed by atoms with E-state index in [0.717, 1.165) is 0 Å². The Bertz CT molecular complexity index is 656. The number of benzene rings is 2. The summed E-state index contributed by atoms with van der Waals surface area (Å²) in [6.07, 6.45) is 0. The lowest BCUT2D eigenvalue weighted by Gasteiger charge is -2.10. The molecule has 0 atom stereocenters. The molecular formula is C15H14F2N2O. The van der Waals surface area contributed by atoms with Crippen molar-refractivity contribution in [1.82, 2.24) is 0 Å². The largest absolute Gasteiger partial charge is 0.323 e. The highest BCUT2D eigenvalue weighted by molar-refractivity contribution is 6.00. The van der Waals surface area contributed by atoms with Gasteiger partial charge in [-0.1, -0.05) is 6.07 Å². The number of urea groups is 1. The van der Waals surface area contributed by atoms with Gasteiger partial charge in [0.15, 0.2) is 0 Å². The Hall–Kier alpha value is -2.43. The SMILES string of the molecule is Cc1cc(NC(=O)Nc2cccc(F)c2C)ccc1F. The third kappa shape index (κ3) is 3.12. The van der Waals surface area contributed by atoms with E-state index in [1.165, 1.54) is 30.3 Å². The zero-order valence-corrected chi connectivity index (χ0v) is 11.1. The van der Waals surface area contributed by atoms with E-state index in [1.807, 2.05) is 0 Å². The highest BCUT2D eigenvalue weighted by atomic mass is 19.1. The van der Waals surface area contributed by atoms with Gasteiger partial charge in [-0.05, 0) is 49.7 Å². The number of hydrogen-bond donors (Lipinski definition) is 2. The number of amides is 2. The smallest absolute Gasteiger partial charge is 0.308 e. The lowest BCUT2D eigenvalue weighted by molar-refractivity contribution is 0.262. The first kappa shape index (κ1) is 14.0. The highest BCUT2D eigenvalue weighted by Gasteiger charge is 2.08. The fourth-order valence-corrected chi connectivity index (χ4v) is 1.75. The minimum absolute atomic E-state index is 0.336. The maximum atomic E-state index is 13.3.